The molecule has 0 bridgehead atoms. The Balaban J connectivity index is 1.41. The van der Waals surface area contributed by atoms with E-state index in [1.165, 1.54) is 18.4 Å². The van der Waals surface area contributed by atoms with Gasteiger partial charge in [0.2, 0.25) is 0 Å². The van der Waals surface area contributed by atoms with Crippen molar-refractivity contribution >= 4 is 5.96 Å². The van der Waals surface area contributed by atoms with E-state index in [1.54, 1.807) is 0 Å². The van der Waals surface area contributed by atoms with Crippen LogP contribution in [0.3, 0.4) is 0 Å². The third-order valence-electron chi connectivity index (χ3n) is 5.34. The van der Waals surface area contributed by atoms with Crippen LogP contribution in [-0.2, 0) is 11.2 Å². The minimum atomic E-state index is 0.386. The van der Waals surface area contributed by atoms with Crippen LogP contribution in [0.25, 0.3) is 0 Å². The molecule has 1 aliphatic heterocycles. The summed E-state index contributed by atoms with van der Waals surface area (Å²) in [6.07, 6.45) is 4.87. The van der Waals surface area contributed by atoms with Crippen molar-refractivity contribution in [3.05, 3.63) is 35.9 Å². The molecule has 0 radical (unpaired) electrons. The molecule has 0 atom stereocenters. The highest BCUT2D eigenvalue weighted by atomic mass is 16.5. The molecule has 1 aliphatic carbocycles. The van der Waals surface area contributed by atoms with E-state index >= 15 is 0 Å². The lowest BCUT2D eigenvalue weighted by Gasteiger charge is -2.26. The molecule has 0 unspecified atom stereocenters. The molecule has 2 fully saturated rings. The normalized spacial score (nSPS) is 20.0. The van der Waals surface area contributed by atoms with Crippen LogP contribution in [0.2, 0.25) is 0 Å². The van der Waals surface area contributed by atoms with Crippen LogP contribution in [-0.4, -0.2) is 63.3 Å². The van der Waals surface area contributed by atoms with Crippen molar-refractivity contribution in [1.29, 1.82) is 0 Å². The molecule has 2 N–H and O–H groups in total. The molecule has 0 spiro atoms. The highest BCUT2D eigenvalue weighted by Crippen LogP contribution is 2.48. The van der Waals surface area contributed by atoms with Crippen LogP contribution in [0.5, 0.6) is 0 Å². The monoisotopic (exact) mass is 358 g/mol. The molecule has 0 aromatic heterocycles. The number of ether oxygens (including phenoxy) is 1. The first-order chi connectivity index (χ1) is 12.8. The van der Waals surface area contributed by atoms with Crippen molar-refractivity contribution in [2.75, 3.05) is 52.5 Å². The number of benzene rings is 1. The Kier molecular flexibility index (Phi) is 7.32. The van der Waals surface area contributed by atoms with Gasteiger partial charge in [-0.25, -0.2) is 0 Å². The molecular formula is C21H34N4O. The van der Waals surface area contributed by atoms with Gasteiger partial charge in [-0.1, -0.05) is 30.3 Å². The van der Waals surface area contributed by atoms with Crippen molar-refractivity contribution in [2.45, 2.75) is 32.6 Å². The average molecular weight is 359 g/mol. The Morgan fingerprint density at radius 3 is 2.62 bits per heavy atom. The number of hydrogen-bond donors (Lipinski definition) is 2. The Morgan fingerprint density at radius 2 is 1.92 bits per heavy atom. The van der Waals surface area contributed by atoms with Crippen LogP contribution < -0.4 is 10.6 Å². The lowest BCUT2D eigenvalue weighted by Crippen LogP contribution is -2.41. The van der Waals surface area contributed by atoms with Gasteiger partial charge in [-0.2, -0.15) is 0 Å². The number of morpholine rings is 1. The molecule has 144 valence electrons. The van der Waals surface area contributed by atoms with Crippen LogP contribution >= 0.6 is 0 Å². The van der Waals surface area contributed by atoms with E-state index in [4.69, 9.17) is 9.73 Å². The highest BCUT2D eigenvalue weighted by Gasteiger charge is 2.42. The van der Waals surface area contributed by atoms with Crippen LogP contribution in [0.1, 0.15) is 31.7 Å². The molecule has 1 saturated heterocycles. The molecule has 5 heteroatoms. The topological polar surface area (TPSA) is 48.9 Å². The maximum atomic E-state index is 5.40. The second-order valence-electron chi connectivity index (χ2n) is 7.59. The number of rotatable bonds is 9. The molecule has 1 aromatic carbocycles. The predicted octanol–water partition coefficient (Wildman–Crippen LogP) is 2.29. The Labute approximate surface area is 158 Å². The van der Waals surface area contributed by atoms with Gasteiger partial charge in [-0.15, -0.1) is 0 Å². The maximum Gasteiger partial charge on any atom is 0.191 e. The summed E-state index contributed by atoms with van der Waals surface area (Å²) >= 11 is 0. The van der Waals surface area contributed by atoms with Gasteiger partial charge in [0.1, 0.15) is 0 Å². The van der Waals surface area contributed by atoms with Crippen molar-refractivity contribution in [3.8, 4) is 0 Å². The number of hydrogen-bond acceptors (Lipinski definition) is 3. The molecule has 1 saturated carbocycles. The molecule has 1 aromatic rings. The highest BCUT2D eigenvalue weighted by molar-refractivity contribution is 5.79. The van der Waals surface area contributed by atoms with Crippen LogP contribution in [0.15, 0.2) is 35.3 Å². The number of nitrogens with zero attached hydrogens (tertiary/aromatic N) is 2. The molecular weight excluding hydrogens is 324 g/mol. The Morgan fingerprint density at radius 1 is 1.15 bits per heavy atom. The second kappa shape index (κ2) is 9.93. The number of nitrogens with one attached hydrogen (secondary N) is 2. The third kappa shape index (κ3) is 6.29. The predicted molar refractivity (Wildman–Crippen MR) is 108 cm³/mol. The van der Waals surface area contributed by atoms with Gasteiger partial charge in [0.15, 0.2) is 5.96 Å². The summed E-state index contributed by atoms with van der Waals surface area (Å²) in [5, 5.41) is 6.90. The van der Waals surface area contributed by atoms with Crippen LogP contribution in [0.4, 0.5) is 0 Å². The van der Waals surface area contributed by atoms with E-state index < -0.39 is 0 Å². The number of aliphatic imine (C=N–C) groups is 1. The lowest BCUT2D eigenvalue weighted by atomic mass is 9.97. The van der Waals surface area contributed by atoms with Crippen LogP contribution in [0, 0.1) is 5.41 Å². The quantitative estimate of drug-likeness (QED) is 0.404. The van der Waals surface area contributed by atoms with Crippen molar-refractivity contribution in [1.82, 2.24) is 15.5 Å². The van der Waals surface area contributed by atoms with Gasteiger partial charge >= 0.3 is 0 Å². The molecule has 2 aliphatic rings. The summed E-state index contributed by atoms with van der Waals surface area (Å²) in [5.74, 6) is 0.966. The zero-order valence-corrected chi connectivity index (χ0v) is 16.2. The van der Waals surface area contributed by atoms with Gasteiger partial charge in [-0.05, 0) is 50.1 Å². The van der Waals surface area contributed by atoms with E-state index in [-0.39, 0.29) is 0 Å². The molecule has 26 heavy (non-hydrogen) atoms. The lowest BCUT2D eigenvalue weighted by molar-refractivity contribution is 0.0376. The van der Waals surface area contributed by atoms with E-state index in [0.717, 1.165) is 71.3 Å². The first-order valence-electron chi connectivity index (χ1n) is 10.2. The fraction of sp³-hybridized carbons (Fsp3) is 0.667. The van der Waals surface area contributed by atoms with Gasteiger partial charge in [0, 0.05) is 32.7 Å². The summed E-state index contributed by atoms with van der Waals surface area (Å²) in [4.78, 5) is 7.37. The molecule has 3 rings (SSSR count). The molecule has 5 nitrogen and oxygen atoms in total. The maximum absolute atomic E-state index is 5.40. The van der Waals surface area contributed by atoms with E-state index in [1.807, 2.05) is 0 Å². The summed E-state index contributed by atoms with van der Waals surface area (Å²) in [7, 11) is 0. The second-order valence-corrected chi connectivity index (χ2v) is 7.59. The average Bonchev–Trinajstić information content (AvgIpc) is 3.44. The van der Waals surface area contributed by atoms with Crippen molar-refractivity contribution in [2.24, 2.45) is 10.4 Å². The van der Waals surface area contributed by atoms with Crippen molar-refractivity contribution < 1.29 is 4.74 Å². The van der Waals surface area contributed by atoms with Crippen molar-refractivity contribution in [3.63, 3.8) is 0 Å². The summed E-state index contributed by atoms with van der Waals surface area (Å²) < 4.78 is 5.40. The van der Waals surface area contributed by atoms with E-state index in [9.17, 15) is 0 Å². The molecule has 0 amide bonds. The van der Waals surface area contributed by atoms with Gasteiger partial charge in [0.25, 0.3) is 0 Å². The van der Waals surface area contributed by atoms with E-state index in [0.29, 0.717) is 5.41 Å². The Hall–Kier alpha value is -1.59. The van der Waals surface area contributed by atoms with E-state index in [2.05, 4.69) is 52.8 Å². The minimum absolute atomic E-state index is 0.386. The summed E-state index contributed by atoms with van der Waals surface area (Å²) in [5.41, 5.74) is 1.82. The largest absolute Gasteiger partial charge is 0.379 e. The first kappa shape index (κ1) is 19.2. The zero-order valence-electron chi connectivity index (χ0n) is 16.2. The summed E-state index contributed by atoms with van der Waals surface area (Å²) in [6.45, 7) is 9.93. The fourth-order valence-electron chi connectivity index (χ4n) is 3.52. The smallest absolute Gasteiger partial charge is 0.191 e. The minimum Gasteiger partial charge on any atom is -0.379 e. The van der Waals surface area contributed by atoms with Gasteiger partial charge < -0.3 is 15.4 Å². The first-order valence-corrected chi connectivity index (χ1v) is 10.2. The summed E-state index contributed by atoms with van der Waals surface area (Å²) in [6, 6.07) is 10.8. The standard InChI is InChI=1S/C21H34N4O/c1-2-22-20(23-11-6-12-25-13-15-26-16-14-25)24-18-21(9-10-21)17-19-7-4-3-5-8-19/h3-5,7-8H,2,6,9-18H2,1H3,(H2,22,23,24). The van der Waals surface area contributed by atoms with Gasteiger partial charge in [-0.3, -0.25) is 9.89 Å². The van der Waals surface area contributed by atoms with Gasteiger partial charge in [0.05, 0.1) is 13.2 Å². The Bertz CT molecular complexity index is 550. The number of guanidine groups is 1. The molecule has 1 heterocycles. The third-order valence-corrected chi connectivity index (χ3v) is 5.34. The zero-order chi connectivity index (χ0) is 18.1. The SMILES string of the molecule is CCNC(=NCC1(Cc2ccccc2)CC1)NCCCN1CCOCC1. The fourth-order valence-corrected chi connectivity index (χ4v) is 3.52.